The van der Waals surface area contributed by atoms with Gasteiger partial charge in [0.15, 0.2) is 0 Å². The molecule has 0 aromatic heterocycles. The van der Waals surface area contributed by atoms with Crippen molar-refractivity contribution in [1.82, 2.24) is 0 Å². The summed E-state index contributed by atoms with van der Waals surface area (Å²) in [6.07, 6.45) is 0.190. The summed E-state index contributed by atoms with van der Waals surface area (Å²) in [5.74, 6) is -1.32. The summed E-state index contributed by atoms with van der Waals surface area (Å²) >= 11 is 12.4. The highest BCUT2D eigenvalue weighted by molar-refractivity contribution is 6.53. The first-order valence-corrected chi connectivity index (χ1v) is 11.7. The number of carbonyl (C=O) groups excluding carboxylic acids is 3. The topological polar surface area (TPSA) is 78.5 Å². The van der Waals surface area contributed by atoms with Crippen LogP contribution in [0.4, 0.5) is 17.1 Å². The number of anilines is 3. The molecule has 0 radical (unpaired) electrons. The van der Waals surface area contributed by atoms with Gasteiger partial charge in [-0.2, -0.15) is 0 Å². The Bertz CT molecular complexity index is 1360. The van der Waals surface area contributed by atoms with Gasteiger partial charge in [-0.25, -0.2) is 4.90 Å². The smallest absolute Gasteiger partial charge is 0.283 e. The van der Waals surface area contributed by atoms with Gasteiger partial charge in [0.1, 0.15) is 10.7 Å². The van der Waals surface area contributed by atoms with Crippen LogP contribution in [0, 0.1) is 20.8 Å². The van der Waals surface area contributed by atoms with Gasteiger partial charge < -0.3 is 10.6 Å². The molecular weight excluding hydrogens is 485 g/mol. The Kier molecular flexibility index (Phi) is 6.96. The summed E-state index contributed by atoms with van der Waals surface area (Å²) in [6.45, 7) is 5.69. The monoisotopic (exact) mass is 507 g/mol. The number of imide groups is 1. The van der Waals surface area contributed by atoms with Gasteiger partial charge in [0.05, 0.1) is 12.1 Å². The van der Waals surface area contributed by atoms with Crippen molar-refractivity contribution in [2.24, 2.45) is 0 Å². The third-order valence-electron chi connectivity index (χ3n) is 5.60. The van der Waals surface area contributed by atoms with Crippen LogP contribution in [-0.2, 0) is 20.8 Å². The van der Waals surface area contributed by atoms with Crippen LogP contribution < -0.4 is 15.5 Å². The molecule has 8 heteroatoms. The summed E-state index contributed by atoms with van der Waals surface area (Å²) in [5, 5.41) is 6.09. The van der Waals surface area contributed by atoms with E-state index in [0.29, 0.717) is 22.0 Å². The highest BCUT2D eigenvalue weighted by Crippen LogP contribution is 2.34. The lowest BCUT2D eigenvalue weighted by atomic mass is 10.1. The van der Waals surface area contributed by atoms with Gasteiger partial charge in [-0.1, -0.05) is 47.5 Å². The Hall–Kier alpha value is -3.61. The SMILES string of the molecule is Cc1cc(C)cc(NC(=O)Cc2ccc(NC3=C(Cl)C(=O)N(c4cccc(Cl)c4C)C3=O)cc2)c1. The summed E-state index contributed by atoms with van der Waals surface area (Å²) in [4.78, 5) is 39.2. The maximum Gasteiger partial charge on any atom is 0.283 e. The van der Waals surface area contributed by atoms with Crippen molar-refractivity contribution in [3.8, 4) is 0 Å². The molecule has 3 amide bonds. The third kappa shape index (κ3) is 5.24. The molecule has 3 aromatic rings. The van der Waals surface area contributed by atoms with E-state index < -0.39 is 11.8 Å². The lowest BCUT2D eigenvalue weighted by Crippen LogP contribution is -2.32. The first-order chi connectivity index (χ1) is 16.6. The van der Waals surface area contributed by atoms with E-state index in [2.05, 4.69) is 10.6 Å². The summed E-state index contributed by atoms with van der Waals surface area (Å²) < 4.78 is 0. The summed E-state index contributed by atoms with van der Waals surface area (Å²) in [5.41, 5.74) is 5.23. The maximum absolute atomic E-state index is 13.0. The van der Waals surface area contributed by atoms with Crippen molar-refractivity contribution in [2.75, 3.05) is 15.5 Å². The van der Waals surface area contributed by atoms with Crippen LogP contribution >= 0.6 is 23.2 Å². The fraction of sp³-hybridized carbons (Fsp3) is 0.148. The van der Waals surface area contributed by atoms with E-state index in [1.54, 1.807) is 49.4 Å². The highest BCUT2D eigenvalue weighted by Gasteiger charge is 2.39. The Balaban J connectivity index is 1.44. The molecule has 0 saturated heterocycles. The molecular formula is C27H23Cl2N3O3. The van der Waals surface area contributed by atoms with Crippen molar-refractivity contribution in [3.05, 3.63) is 98.7 Å². The number of benzene rings is 3. The molecule has 0 fully saturated rings. The second-order valence-corrected chi connectivity index (χ2v) is 9.23. The van der Waals surface area contributed by atoms with E-state index in [-0.39, 0.29) is 23.1 Å². The van der Waals surface area contributed by atoms with Crippen molar-refractivity contribution >= 4 is 58.0 Å². The van der Waals surface area contributed by atoms with Gasteiger partial charge in [-0.05, 0) is 79.4 Å². The molecule has 1 heterocycles. The molecule has 35 heavy (non-hydrogen) atoms. The Labute approximate surface area is 213 Å². The zero-order valence-corrected chi connectivity index (χ0v) is 20.9. The molecule has 0 bridgehead atoms. The van der Waals surface area contributed by atoms with Crippen LogP contribution in [0.1, 0.15) is 22.3 Å². The fourth-order valence-corrected chi connectivity index (χ4v) is 4.34. The van der Waals surface area contributed by atoms with Crippen molar-refractivity contribution in [1.29, 1.82) is 0 Å². The van der Waals surface area contributed by atoms with Crippen LogP contribution in [0.5, 0.6) is 0 Å². The number of halogens is 2. The van der Waals surface area contributed by atoms with Crippen molar-refractivity contribution in [2.45, 2.75) is 27.2 Å². The molecule has 0 atom stereocenters. The molecule has 1 aliphatic heterocycles. The van der Waals surface area contributed by atoms with Crippen LogP contribution in [0.2, 0.25) is 5.02 Å². The number of hydrogen-bond acceptors (Lipinski definition) is 4. The molecule has 0 unspecified atom stereocenters. The molecule has 0 spiro atoms. The largest absolute Gasteiger partial charge is 0.350 e. The molecule has 4 rings (SSSR count). The number of rotatable bonds is 6. The van der Waals surface area contributed by atoms with E-state index in [1.165, 1.54) is 0 Å². The number of hydrogen-bond donors (Lipinski definition) is 2. The molecule has 178 valence electrons. The minimum Gasteiger partial charge on any atom is -0.350 e. The zero-order valence-electron chi connectivity index (χ0n) is 19.4. The predicted molar refractivity (Wildman–Crippen MR) is 140 cm³/mol. The Morgan fingerprint density at radius 1 is 0.857 bits per heavy atom. The summed E-state index contributed by atoms with van der Waals surface area (Å²) in [7, 11) is 0. The second kappa shape index (κ2) is 9.94. The van der Waals surface area contributed by atoms with Crippen molar-refractivity contribution in [3.63, 3.8) is 0 Å². The average molecular weight is 508 g/mol. The average Bonchev–Trinajstić information content (AvgIpc) is 2.99. The quantitative estimate of drug-likeness (QED) is 0.408. The number of aryl methyl sites for hydroxylation is 2. The highest BCUT2D eigenvalue weighted by atomic mass is 35.5. The molecule has 0 aliphatic carbocycles. The number of nitrogens with zero attached hydrogens (tertiary/aromatic N) is 1. The van der Waals surface area contributed by atoms with E-state index in [4.69, 9.17) is 23.2 Å². The van der Waals surface area contributed by atoms with Crippen LogP contribution in [0.3, 0.4) is 0 Å². The Morgan fingerprint density at radius 2 is 1.51 bits per heavy atom. The minimum atomic E-state index is -0.621. The standard InChI is InChI=1S/C27H23Cl2N3O3/c1-15-11-16(2)13-20(12-15)30-23(33)14-18-7-9-19(10-8-18)31-25-24(29)26(34)32(27(25)35)22-6-4-5-21(28)17(22)3/h4-13,31H,14H2,1-3H3,(H,30,33). The molecule has 3 aromatic carbocycles. The van der Waals surface area contributed by atoms with Crippen LogP contribution in [-0.4, -0.2) is 17.7 Å². The lowest BCUT2D eigenvalue weighted by Gasteiger charge is -2.18. The van der Waals surface area contributed by atoms with E-state index in [9.17, 15) is 14.4 Å². The number of nitrogens with one attached hydrogen (secondary N) is 2. The molecule has 0 saturated carbocycles. The Morgan fingerprint density at radius 3 is 2.17 bits per heavy atom. The van der Waals surface area contributed by atoms with Gasteiger partial charge in [0.25, 0.3) is 11.8 Å². The van der Waals surface area contributed by atoms with Crippen LogP contribution in [0.15, 0.2) is 71.4 Å². The second-order valence-electron chi connectivity index (χ2n) is 8.44. The van der Waals surface area contributed by atoms with Gasteiger partial charge in [-0.15, -0.1) is 0 Å². The molecule has 2 N–H and O–H groups in total. The van der Waals surface area contributed by atoms with Gasteiger partial charge >= 0.3 is 0 Å². The first-order valence-electron chi connectivity index (χ1n) is 10.9. The molecule has 1 aliphatic rings. The maximum atomic E-state index is 13.0. The van der Waals surface area contributed by atoms with Gasteiger partial charge in [0.2, 0.25) is 5.91 Å². The van der Waals surface area contributed by atoms with Crippen LogP contribution in [0.25, 0.3) is 0 Å². The third-order valence-corrected chi connectivity index (χ3v) is 6.36. The summed E-state index contributed by atoms with van der Waals surface area (Å²) in [6, 6.07) is 17.9. The predicted octanol–water partition coefficient (Wildman–Crippen LogP) is 5.88. The fourth-order valence-electron chi connectivity index (χ4n) is 3.96. The zero-order chi connectivity index (χ0) is 25.3. The number of carbonyl (C=O) groups is 3. The lowest BCUT2D eigenvalue weighted by molar-refractivity contribution is -0.120. The first kappa shape index (κ1) is 24.5. The van der Waals surface area contributed by atoms with Gasteiger partial charge in [0, 0.05) is 16.4 Å². The number of amides is 3. The molecule has 6 nitrogen and oxygen atoms in total. The van der Waals surface area contributed by atoms with Crippen molar-refractivity contribution < 1.29 is 14.4 Å². The van der Waals surface area contributed by atoms with E-state index in [0.717, 1.165) is 27.3 Å². The van der Waals surface area contributed by atoms with Gasteiger partial charge in [-0.3, -0.25) is 14.4 Å². The minimum absolute atomic E-state index is 0.0173. The van der Waals surface area contributed by atoms with E-state index in [1.807, 2.05) is 32.0 Å². The van der Waals surface area contributed by atoms with E-state index >= 15 is 0 Å². The normalized spacial score (nSPS) is 13.5.